The Bertz CT molecular complexity index is 563. The van der Waals surface area contributed by atoms with Crippen molar-refractivity contribution in [1.29, 1.82) is 0 Å². The lowest BCUT2D eigenvalue weighted by molar-refractivity contribution is -0.141. The molecule has 0 aromatic heterocycles. The zero-order valence-corrected chi connectivity index (χ0v) is 18.3. The number of hydrogen-bond donors (Lipinski definition) is 0. The van der Waals surface area contributed by atoms with Crippen LogP contribution >= 0.6 is 0 Å². The molecular weight excluding hydrogens is 332 g/mol. The molecule has 156 valence electrons. The van der Waals surface area contributed by atoms with Crippen LogP contribution in [0.1, 0.15) is 99.2 Å². The van der Waals surface area contributed by atoms with E-state index in [0.717, 1.165) is 36.0 Å². The number of rotatable bonds is 4. The second kappa shape index (κ2) is 7.38. The maximum absolute atomic E-state index is 11.6. The lowest BCUT2D eigenvalue weighted by Crippen LogP contribution is -2.53. The van der Waals surface area contributed by atoms with Crippen LogP contribution in [0.5, 0.6) is 0 Å². The first kappa shape index (κ1) is 19.8. The summed E-state index contributed by atoms with van der Waals surface area (Å²) in [6.07, 6.45) is 16.4. The lowest BCUT2D eigenvalue weighted by atomic mass is 9.44. The van der Waals surface area contributed by atoms with E-state index in [1.54, 1.807) is 0 Å². The summed E-state index contributed by atoms with van der Waals surface area (Å²) in [5.74, 6) is 5.38. The molecule has 0 heterocycles. The minimum Gasteiger partial charge on any atom is -0.469 e. The van der Waals surface area contributed by atoms with Crippen molar-refractivity contribution in [2.75, 3.05) is 7.11 Å². The summed E-state index contributed by atoms with van der Waals surface area (Å²) < 4.78 is 4.89. The second-order valence-corrected chi connectivity index (χ2v) is 11.2. The smallest absolute Gasteiger partial charge is 0.305 e. The largest absolute Gasteiger partial charge is 0.469 e. The molecule has 27 heavy (non-hydrogen) atoms. The predicted octanol–water partition coefficient (Wildman–Crippen LogP) is 6.87. The summed E-state index contributed by atoms with van der Waals surface area (Å²) in [6, 6.07) is 0. The van der Waals surface area contributed by atoms with Crippen molar-refractivity contribution >= 4 is 5.97 Å². The second-order valence-electron chi connectivity index (χ2n) is 11.2. The molecule has 2 heteroatoms. The number of esters is 1. The van der Waals surface area contributed by atoms with E-state index in [4.69, 9.17) is 4.74 Å². The minimum absolute atomic E-state index is 0. The molecule has 0 aromatic rings. The average molecular weight is 377 g/mol. The Hall–Kier alpha value is -0.530. The summed E-state index contributed by atoms with van der Waals surface area (Å²) in [4.78, 5) is 11.6. The van der Waals surface area contributed by atoms with Crippen molar-refractivity contribution < 1.29 is 11.0 Å². The van der Waals surface area contributed by atoms with Crippen LogP contribution in [0.25, 0.3) is 0 Å². The van der Waals surface area contributed by atoms with Gasteiger partial charge in [0.15, 0.2) is 0 Å². The molecule has 0 radical (unpaired) electrons. The van der Waals surface area contributed by atoms with Gasteiger partial charge in [-0.2, -0.15) is 0 Å². The molecule has 0 aliphatic heterocycles. The zero-order valence-electron chi connectivity index (χ0n) is 18.3. The van der Waals surface area contributed by atoms with Crippen LogP contribution < -0.4 is 0 Å². The van der Waals surface area contributed by atoms with E-state index in [9.17, 15) is 4.79 Å². The third-order valence-corrected chi connectivity index (χ3v) is 10.4. The first-order chi connectivity index (χ1) is 12.9. The summed E-state index contributed by atoms with van der Waals surface area (Å²) in [7, 11) is 1.52. The van der Waals surface area contributed by atoms with E-state index < -0.39 is 0 Å². The lowest BCUT2D eigenvalue weighted by Gasteiger charge is -2.61. The number of carbonyl (C=O) groups excluding carboxylic acids is 1. The van der Waals surface area contributed by atoms with Crippen LogP contribution in [0.2, 0.25) is 0 Å². The minimum atomic E-state index is -0.0335. The van der Waals surface area contributed by atoms with Gasteiger partial charge in [0.25, 0.3) is 0 Å². The van der Waals surface area contributed by atoms with Crippen LogP contribution in [-0.2, 0) is 9.53 Å². The Balaban J connectivity index is 0.00000225. The Morgan fingerprint density at radius 1 is 1.00 bits per heavy atom. The Morgan fingerprint density at radius 3 is 2.56 bits per heavy atom. The fourth-order valence-corrected chi connectivity index (χ4v) is 8.92. The number of hydrogen-bond acceptors (Lipinski definition) is 2. The number of ether oxygens (including phenoxy) is 1. The van der Waals surface area contributed by atoms with Crippen LogP contribution in [-0.4, -0.2) is 13.1 Å². The fourth-order valence-electron chi connectivity index (χ4n) is 8.92. The normalized spacial score (nSPS) is 47.5. The Morgan fingerprint density at radius 2 is 1.78 bits per heavy atom. The predicted molar refractivity (Wildman–Crippen MR) is 112 cm³/mol. The van der Waals surface area contributed by atoms with Crippen LogP contribution in [0.4, 0.5) is 0 Å². The highest BCUT2D eigenvalue weighted by atomic mass is 16.5. The molecule has 4 aliphatic carbocycles. The molecule has 0 bridgehead atoms. The summed E-state index contributed by atoms with van der Waals surface area (Å²) in [6.45, 7) is 7.73. The van der Waals surface area contributed by atoms with Gasteiger partial charge in [-0.3, -0.25) is 4.79 Å². The highest BCUT2D eigenvalue weighted by Gasteiger charge is 2.60. The monoisotopic (exact) mass is 376 g/mol. The van der Waals surface area contributed by atoms with Crippen molar-refractivity contribution in [3.63, 3.8) is 0 Å². The Labute approximate surface area is 168 Å². The van der Waals surface area contributed by atoms with E-state index in [2.05, 4.69) is 20.8 Å². The molecule has 4 fully saturated rings. The van der Waals surface area contributed by atoms with Gasteiger partial charge in [-0.15, -0.1) is 0 Å². The molecule has 4 aliphatic rings. The van der Waals surface area contributed by atoms with E-state index in [0.29, 0.717) is 23.2 Å². The van der Waals surface area contributed by atoms with Crippen LogP contribution in [0.15, 0.2) is 0 Å². The molecular formula is C25H44O2. The van der Waals surface area contributed by atoms with Gasteiger partial charge >= 0.3 is 5.97 Å². The van der Waals surface area contributed by atoms with Gasteiger partial charge in [0.2, 0.25) is 0 Å². The van der Waals surface area contributed by atoms with Crippen LogP contribution in [0, 0.1) is 46.3 Å². The van der Waals surface area contributed by atoms with E-state index in [1.807, 2.05) is 0 Å². The van der Waals surface area contributed by atoms with Gasteiger partial charge in [0, 0.05) is 7.85 Å². The quantitative estimate of drug-likeness (QED) is 0.500. The van der Waals surface area contributed by atoms with Crippen molar-refractivity contribution in [2.45, 2.75) is 97.8 Å². The molecule has 0 aromatic carbocycles. The van der Waals surface area contributed by atoms with Gasteiger partial charge in [0.1, 0.15) is 0 Å². The van der Waals surface area contributed by atoms with Gasteiger partial charge in [-0.25, -0.2) is 0 Å². The van der Waals surface area contributed by atoms with Crippen LogP contribution in [0.3, 0.4) is 0 Å². The van der Waals surface area contributed by atoms with E-state index >= 15 is 0 Å². The van der Waals surface area contributed by atoms with E-state index in [1.165, 1.54) is 71.3 Å². The van der Waals surface area contributed by atoms with Gasteiger partial charge < -0.3 is 4.74 Å². The van der Waals surface area contributed by atoms with Crippen molar-refractivity contribution in [2.24, 2.45) is 46.3 Å². The summed E-state index contributed by atoms with van der Waals surface area (Å²) in [5, 5.41) is 0. The van der Waals surface area contributed by atoms with E-state index in [-0.39, 0.29) is 7.40 Å². The van der Waals surface area contributed by atoms with Crippen molar-refractivity contribution in [3.8, 4) is 0 Å². The third kappa shape index (κ3) is 3.18. The number of methoxy groups -OCH3 is 1. The number of carbonyl (C=O) groups is 1. The van der Waals surface area contributed by atoms with Gasteiger partial charge in [-0.05, 0) is 104 Å². The molecule has 6 unspecified atom stereocenters. The summed E-state index contributed by atoms with van der Waals surface area (Å²) in [5.41, 5.74) is 1.17. The molecule has 0 spiro atoms. The van der Waals surface area contributed by atoms with Gasteiger partial charge in [0.05, 0.1) is 7.11 Å². The molecule has 4 saturated carbocycles. The highest BCUT2D eigenvalue weighted by molar-refractivity contribution is 5.69. The molecule has 0 saturated heterocycles. The molecule has 4 rings (SSSR count). The fraction of sp³-hybridized carbons (Fsp3) is 0.960. The Kier molecular flexibility index (Phi) is 5.40. The standard InChI is InChI=1S/C25H42O2.H2/c1-17(8-13-23(26)27-4)20-11-12-21-19-10-9-18-7-5-6-15-24(18,2)22(19)14-16-25(20,21)3;/h17-22H,5-16H2,1-4H3;1H/t17-,18?,19?,20?,21?,22?,24?,25-;/m1./s1. The maximum Gasteiger partial charge on any atom is 0.305 e. The highest BCUT2D eigenvalue weighted by Crippen LogP contribution is 2.68. The first-order valence-electron chi connectivity index (χ1n) is 12.0. The SMILES string of the molecule is COC(=O)CC[C@@H](C)C1CCC2C3CCC4CCCCC4(C)C3CC[C@@]21C.[HH]. The average Bonchev–Trinajstić information content (AvgIpc) is 3.02. The maximum atomic E-state index is 11.6. The molecule has 0 N–H and O–H groups in total. The van der Waals surface area contributed by atoms with Crippen molar-refractivity contribution in [3.05, 3.63) is 0 Å². The van der Waals surface area contributed by atoms with Crippen molar-refractivity contribution in [1.82, 2.24) is 0 Å². The topological polar surface area (TPSA) is 26.3 Å². The first-order valence-corrected chi connectivity index (χ1v) is 12.0. The third-order valence-electron chi connectivity index (χ3n) is 10.4. The number of fused-ring (bicyclic) bond motifs is 5. The molecule has 8 atom stereocenters. The molecule has 2 nitrogen and oxygen atoms in total. The molecule has 0 amide bonds. The zero-order chi connectivity index (χ0) is 19.2. The van der Waals surface area contributed by atoms with Gasteiger partial charge in [-0.1, -0.05) is 33.6 Å². The summed E-state index contributed by atoms with van der Waals surface area (Å²) >= 11 is 0.